The van der Waals surface area contributed by atoms with Crippen LogP contribution in [0.25, 0.3) is 0 Å². The Kier molecular flexibility index (Phi) is 4.84. The van der Waals surface area contributed by atoms with E-state index in [1.807, 2.05) is 24.3 Å². The molecule has 2 amide bonds. The molecule has 1 fully saturated rings. The van der Waals surface area contributed by atoms with Crippen LogP contribution < -0.4 is 10.1 Å². The zero-order chi connectivity index (χ0) is 16.9. The van der Waals surface area contributed by atoms with E-state index in [-0.39, 0.29) is 24.2 Å². The lowest BCUT2D eigenvalue weighted by molar-refractivity contribution is -0.129. The summed E-state index contributed by atoms with van der Waals surface area (Å²) in [5.41, 5.74) is 0.935. The van der Waals surface area contributed by atoms with E-state index in [9.17, 15) is 9.59 Å². The molecule has 0 bridgehead atoms. The Labute approximate surface area is 140 Å². The number of hydrogen-bond donors (Lipinski definition) is 1. The Bertz CT molecular complexity index is 712. The van der Waals surface area contributed by atoms with Crippen LogP contribution in [0.5, 0.6) is 5.75 Å². The van der Waals surface area contributed by atoms with Gasteiger partial charge >= 0.3 is 0 Å². The molecule has 1 unspecified atom stereocenters. The van der Waals surface area contributed by atoms with Crippen molar-refractivity contribution in [1.29, 1.82) is 0 Å². The van der Waals surface area contributed by atoms with Crippen LogP contribution in [-0.4, -0.2) is 30.4 Å². The molecule has 2 aromatic rings. The highest BCUT2D eigenvalue weighted by molar-refractivity contribution is 5.89. The second-order valence-corrected chi connectivity index (χ2v) is 5.78. The van der Waals surface area contributed by atoms with Crippen molar-refractivity contribution in [1.82, 2.24) is 10.2 Å². The fraction of sp³-hybridized carbons (Fsp3) is 0.333. The van der Waals surface area contributed by atoms with E-state index in [2.05, 4.69) is 5.32 Å². The van der Waals surface area contributed by atoms with E-state index in [1.54, 1.807) is 30.4 Å². The van der Waals surface area contributed by atoms with Gasteiger partial charge in [0.15, 0.2) is 0 Å². The number of methoxy groups -OCH3 is 1. The molecule has 24 heavy (non-hydrogen) atoms. The summed E-state index contributed by atoms with van der Waals surface area (Å²) < 4.78 is 10.5. The van der Waals surface area contributed by atoms with Gasteiger partial charge in [-0.05, 0) is 18.2 Å². The van der Waals surface area contributed by atoms with E-state index in [1.165, 1.54) is 0 Å². The third kappa shape index (κ3) is 3.59. The van der Waals surface area contributed by atoms with E-state index in [4.69, 9.17) is 9.15 Å². The van der Waals surface area contributed by atoms with E-state index in [0.29, 0.717) is 25.4 Å². The summed E-state index contributed by atoms with van der Waals surface area (Å²) >= 11 is 0. The molecule has 1 atom stereocenters. The fourth-order valence-corrected chi connectivity index (χ4v) is 2.87. The molecule has 3 rings (SSSR count). The van der Waals surface area contributed by atoms with Gasteiger partial charge in [-0.3, -0.25) is 9.59 Å². The zero-order valence-corrected chi connectivity index (χ0v) is 13.5. The van der Waals surface area contributed by atoms with Crippen molar-refractivity contribution in [3.63, 3.8) is 0 Å². The minimum atomic E-state index is -0.331. The normalized spacial score (nSPS) is 17.1. The maximum atomic E-state index is 12.3. The molecule has 0 aliphatic carbocycles. The van der Waals surface area contributed by atoms with Gasteiger partial charge in [-0.2, -0.15) is 0 Å². The Balaban J connectivity index is 1.58. The predicted molar refractivity (Wildman–Crippen MR) is 87.1 cm³/mol. The zero-order valence-electron chi connectivity index (χ0n) is 13.5. The van der Waals surface area contributed by atoms with Crippen LogP contribution in [0.4, 0.5) is 0 Å². The second kappa shape index (κ2) is 7.21. The first-order valence-electron chi connectivity index (χ1n) is 7.87. The number of furan rings is 1. The van der Waals surface area contributed by atoms with Gasteiger partial charge in [0.1, 0.15) is 11.5 Å². The van der Waals surface area contributed by atoms with Crippen molar-refractivity contribution in [3.8, 4) is 5.75 Å². The lowest BCUT2D eigenvalue weighted by Crippen LogP contribution is -2.32. The summed E-state index contributed by atoms with van der Waals surface area (Å²) in [6.07, 6.45) is 1.80. The summed E-state index contributed by atoms with van der Waals surface area (Å²) in [7, 11) is 1.61. The fourth-order valence-electron chi connectivity index (χ4n) is 2.87. The number of ether oxygens (including phenoxy) is 1. The molecule has 2 heterocycles. The van der Waals surface area contributed by atoms with Gasteiger partial charge in [-0.25, -0.2) is 0 Å². The monoisotopic (exact) mass is 328 g/mol. The molecule has 1 aliphatic rings. The number of carbonyl (C=O) groups excluding carboxylic acids is 2. The van der Waals surface area contributed by atoms with Gasteiger partial charge in [0, 0.05) is 25.1 Å². The minimum absolute atomic E-state index is 0.0148. The van der Waals surface area contributed by atoms with Gasteiger partial charge in [0.2, 0.25) is 11.8 Å². The summed E-state index contributed by atoms with van der Waals surface area (Å²) in [5, 5.41) is 2.82. The average Bonchev–Trinajstić information content (AvgIpc) is 3.23. The molecule has 1 aromatic heterocycles. The number of likely N-dealkylation sites (tertiary alicyclic amines) is 1. The Morgan fingerprint density at radius 1 is 1.33 bits per heavy atom. The van der Waals surface area contributed by atoms with Crippen LogP contribution in [0.3, 0.4) is 0 Å². The molecule has 6 heteroatoms. The smallest absolute Gasteiger partial charge is 0.225 e. The molecule has 0 spiro atoms. The number of nitrogens with one attached hydrogen (secondary N) is 1. The van der Waals surface area contributed by atoms with Crippen molar-refractivity contribution in [3.05, 3.63) is 54.0 Å². The highest BCUT2D eigenvalue weighted by Gasteiger charge is 2.34. The molecule has 1 N–H and O–H groups in total. The van der Waals surface area contributed by atoms with Crippen molar-refractivity contribution in [2.75, 3.05) is 13.7 Å². The molecule has 126 valence electrons. The Hall–Kier alpha value is -2.76. The van der Waals surface area contributed by atoms with Gasteiger partial charge in [0.05, 0.1) is 25.8 Å². The van der Waals surface area contributed by atoms with Gasteiger partial charge < -0.3 is 19.4 Å². The van der Waals surface area contributed by atoms with Crippen LogP contribution in [0, 0.1) is 5.92 Å². The SMILES string of the molecule is COc1ccccc1CN1CC(C(=O)NCc2ccco2)CC1=O. The molecule has 1 aliphatic heterocycles. The topological polar surface area (TPSA) is 71.8 Å². The Morgan fingerprint density at radius 2 is 2.17 bits per heavy atom. The van der Waals surface area contributed by atoms with Gasteiger partial charge in [-0.1, -0.05) is 18.2 Å². The predicted octanol–water partition coefficient (Wildman–Crippen LogP) is 1.95. The number of benzene rings is 1. The first kappa shape index (κ1) is 16.1. The molecular weight excluding hydrogens is 308 g/mol. The first-order valence-corrected chi connectivity index (χ1v) is 7.87. The van der Waals surface area contributed by atoms with Gasteiger partial charge in [0.25, 0.3) is 0 Å². The second-order valence-electron chi connectivity index (χ2n) is 5.78. The summed E-state index contributed by atoms with van der Waals surface area (Å²) in [6.45, 7) is 1.20. The maximum absolute atomic E-state index is 12.3. The van der Waals surface area contributed by atoms with Crippen molar-refractivity contribution in [2.24, 2.45) is 5.92 Å². The van der Waals surface area contributed by atoms with Crippen molar-refractivity contribution >= 4 is 11.8 Å². The lowest BCUT2D eigenvalue weighted by Gasteiger charge is -2.18. The largest absolute Gasteiger partial charge is 0.496 e. The first-order chi connectivity index (χ1) is 11.7. The third-order valence-electron chi connectivity index (χ3n) is 4.16. The van der Waals surface area contributed by atoms with E-state index in [0.717, 1.165) is 11.3 Å². The average molecular weight is 328 g/mol. The number of carbonyl (C=O) groups is 2. The van der Waals surface area contributed by atoms with Crippen LogP contribution >= 0.6 is 0 Å². The quantitative estimate of drug-likeness (QED) is 0.880. The summed E-state index contributed by atoms with van der Waals surface area (Å²) in [6, 6.07) is 11.2. The van der Waals surface area contributed by atoms with E-state index < -0.39 is 0 Å². The number of para-hydroxylation sites is 1. The number of amides is 2. The number of rotatable bonds is 6. The van der Waals surface area contributed by atoms with Crippen LogP contribution in [0.1, 0.15) is 17.7 Å². The maximum Gasteiger partial charge on any atom is 0.225 e. The van der Waals surface area contributed by atoms with Crippen molar-refractivity contribution in [2.45, 2.75) is 19.5 Å². The summed E-state index contributed by atoms with van der Waals surface area (Å²) in [4.78, 5) is 26.2. The molecular formula is C18H20N2O4. The van der Waals surface area contributed by atoms with Gasteiger partial charge in [-0.15, -0.1) is 0 Å². The van der Waals surface area contributed by atoms with Crippen LogP contribution in [0.15, 0.2) is 47.1 Å². The van der Waals surface area contributed by atoms with Crippen LogP contribution in [-0.2, 0) is 22.7 Å². The lowest BCUT2D eigenvalue weighted by atomic mass is 10.1. The van der Waals surface area contributed by atoms with Crippen LogP contribution in [0.2, 0.25) is 0 Å². The highest BCUT2D eigenvalue weighted by Crippen LogP contribution is 2.24. The standard InChI is InChI=1S/C18H20N2O4/c1-23-16-7-3-2-5-13(16)11-20-12-14(9-17(20)21)18(22)19-10-15-6-4-8-24-15/h2-8,14H,9-12H2,1H3,(H,19,22). The molecule has 0 saturated carbocycles. The molecule has 1 saturated heterocycles. The minimum Gasteiger partial charge on any atom is -0.496 e. The third-order valence-corrected chi connectivity index (χ3v) is 4.16. The van der Waals surface area contributed by atoms with E-state index >= 15 is 0 Å². The Morgan fingerprint density at radius 3 is 2.92 bits per heavy atom. The highest BCUT2D eigenvalue weighted by atomic mass is 16.5. The molecule has 1 aromatic carbocycles. The summed E-state index contributed by atoms with van der Waals surface area (Å²) in [5.74, 6) is 0.970. The molecule has 6 nitrogen and oxygen atoms in total. The number of nitrogens with zero attached hydrogens (tertiary/aromatic N) is 1. The number of hydrogen-bond acceptors (Lipinski definition) is 4. The molecule has 0 radical (unpaired) electrons. The van der Waals surface area contributed by atoms with Crippen molar-refractivity contribution < 1.29 is 18.7 Å².